The molecule has 5 heteroatoms. The van der Waals surface area contributed by atoms with Crippen molar-refractivity contribution in [2.75, 3.05) is 19.8 Å². The van der Waals surface area contributed by atoms with Gasteiger partial charge in [0, 0.05) is 25.8 Å². The first-order valence-electron chi connectivity index (χ1n) is 6.13. The van der Waals surface area contributed by atoms with Gasteiger partial charge in [-0.05, 0) is 25.7 Å². The van der Waals surface area contributed by atoms with Gasteiger partial charge >= 0.3 is 0 Å². The average Bonchev–Trinajstić information content (AvgIpc) is 3.02. The molecule has 0 spiro atoms. The Morgan fingerprint density at radius 2 is 2.47 bits per heavy atom. The average molecular weight is 240 g/mol. The van der Waals surface area contributed by atoms with Crippen molar-refractivity contribution in [1.82, 2.24) is 10.5 Å². The molecule has 1 atom stereocenters. The van der Waals surface area contributed by atoms with Crippen LogP contribution in [0.4, 0.5) is 0 Å². The largest absolute Gasteiger partial charge is 0.389 e. The van der Waals surface area contributed by atoms with Crippen molar-refractivity contribution in [2.24, 2.45) is 5.92 Å². The predicted octanol–water partition coefficient (Wildman–Crippen LogP) is 0.860. The molecule has 0 saturated heterocycles. The van der Waals surface area contributed by atoms with Crippen molar-refractivity contribution < 1.29 is 14.4 Å². The van der Waals surface area contributed by atoms with Crippen LogP contribution in [0.5, 0.6) is 0 Å². The van der Waals surface area contributed by atoms with Crippen LogP contribution in [0, 0.1) is 12.8 Å². The number of rotatable bonds is 8. The molecule has 1 aromatic heterocycles. The molecule has 0 bridgehead atoms. The van der Waals surface area contributed by atoms with Crippen molar-refractivity contribution in [3.05, 3.63) is 17.5 Å². The third-order valence-electron chi connectivity index (χ3n) is 2.72. The monoisotopic (exact) mass is 240 g/mol. The standard InChI is InChI=1S/C12H20N2O3/c1-9-4-11(14-17-9)5-13-6-12(15)8-16-7-10-2-3-10/h4,10,12-13,15H,2-3,5-8H2,1H3. The van der Waals surface area contributed by atoms with Crippen LogP contribution in [0.15, 0.2) is 10.6 Å². The number of hydrogen-bond donors (Lipinski definition) is 2. The second-order valence-electron chi connectivity index (χ2n) is 4.69. The number of aliphatic hydroxyl groups excluding tert-OH is 1. The van der Waals surface area contributed by atoms with Gasteiger partial charge in [0.1, 0.15) is 5.76 Å². The van der Waals surface area contributed by atoms with Gasteiger partial charge in [0.15, 0.2) is 0 Å². The molecular weight excluding hydrogens is 220 g/mol. The van der Waals surface area contributed by atoms with E-state index in [1.54, 1.807) is 0 Å². The van der Waals surface area contributed by atoms with E-state index in [0.717, 1.165) is 24.0 Å². The summed E-state index contributed by atoms with van der Waals surface area (Å²) in [5, 5.41) is 16.6. The minimum atomic E-state index is -0.457. The fraction of sp³-hybridized carbons (Fsp3) is 0.750. The summed E-state index contributed by atoms with van der Waals surface area (Å²) < 4.78 is 10.3. The fourth-order valence-corrected chi connectivity index (χ4v) is 1.58. The smallest absolute Gasteiger partial charge is 0.133 e. The third kappa shape index (κ3) is 4.85. The molecule has 2 rings (SSSR count). The molecule has 1 aliphatic carbocycles. The van der Waals surface area contributed by atoms with E-state index in [4.69, 9.17) is 9.26 Å². The Morgan fingerprint density at radius 3 is 3.12 bits per heavy atom. The van der Waals surface area contributed by atoms with Gasteiger partial charge in [0.2, 0.25) is 0 Å². The molecular formula is C12H20N2O3. The minimum Gasteiger partial charge on any atom is -0.389 e. The Balaban J connectivity index is 1.51. The van der Waals surface area contributed by atoms with Crippen molar-refractivity contribution in [3.63, 3.8) is 0 Å². The Morgan fingerprint density at radius 1 is 1.65 bits per heavy atom. The highest BCUT2D eigenvalue weighted by molar-refractivity contribution is 5.02. The predicted molar refractivity (Wildman–Crippen MR) is 62.5 cm³/mol. The zero-order valence-corrected chi connectivity index (χ0v) is 10.2. The summed E-state index contributed by atoms with van der Waals surface area (Å²) >= 11 is 0. The van der Waals surface area contributed by atoms with E-state index in [1.165, 1.54) is 12.8 Å². The van der Waals surface area contributed by atoms with Gasteiger partial charge in [-0.1, -0.05) is 5.16 Å². The molecule has 0 amide bonds. The second-order valence-corrected chi connectivity index (χ2v) is 4.69. The molecule has 0 aromatic carbocycles. The highest BCUT2D eigenvalue weighted by Gasteiger charge is 2.21. The molecule has 1 heterocycles. The van der Waals surface area contributed by atoms with Crippen molar-refractivity contribution in [3.8, 4) is 0 Å². The normalized spacial score (nSPS) is 17.3. The van der Waals surface area contributed by atoms with Gasteiger partial charge in [0.25, 0.3) is 0 Å². The summed E-state index contributed by atoms with van der Waals surface area (Å²) in [6.07, 6.45) is 2.10. The van der Waals surface area contributed by atoms with Crippen LogP contribution in [0.1, 0.15) is 24.3 Å². The highest BCUT2D eigenvalue weighted by Crippen LogP contribution is 2.28. The van der Waals surface area contributed by atoms with Gasteiger partial charge < -0.3 is 19.7 Å². The van der Waals surface area contributed by atoms with E-state index in [2.05, 4.69) is 10.5 Å². The second kappa shape index (κ2) is 6.14. The molecule has 17 heavy (non-hydrogen) atoms. The van der Waals surface area contributed by atoms with Crippen LogP contribution in [0.3, 0.4) is 0 Å². The number of hydrogen-bond acceptors (Lipinski definition) is 5. The maximum absolute atomic E-state index is 9.63. The lowest BCUT2D eigenvalue weighted by atomic mass is 10.3. The van der Waals surface area contributed by atoms with Crippen LogP contribution < -0.4 is 5.32 Å². The summed E-state index contributed by atoms with van der Waals surface area (Å²) in [5.41, 5.74) is 0.855. The van der Waals surface area contributed by atoms with E-state index >= 15 is 0 Å². The van der Waals surface area contributed by atoms with Crippen LogP contribution in [-0.4, -0.2) is 36.1 Å². The number of aryl methyl sites for hydroxylation is 1. The summed E-state index contributed by atoms with van der Waals surface area (Å²) in [7, 11) is 0. The Hall–Kier alpha value is -0.910. The van der Waals surface area contributed by atoms with Gasteiger partial charge in [0.05, 0.1) is 18.4 Å². The van der Waals surface area contributed by atoms with Crippen LogP contribution >= 0.6 is 0 Å². The number of aliphatic hydroxyl groups is 1. The Kier molecular flexibility index (Phi) is 4.53. The van der Waals surface area contributed by atoms with Gasteiger partial charge in [-0.25, -0.2) is 0 Å². The zero-order chi connectivity index (χ0) is 12.1. The molecule has 0 radical (unpaired) electrons. The fourth-order valence-electron chi connectivity index (χ4n) is 1.58. The Labute approximate surface area is 101 Å². The maximum Gasteiger partial charge on any atom is 0.133 e. The van der Waals surface area contributed by atoms with Crippen molar-refractivity contribution in [2.45, 2.75) is 32.4 Å². The lowest BCUT2D eigenvalue weighted by Crippen LogP contribution is -2.30. The van der Waals surface area contributed by atoms with Gasteiger partial charge in [-0.15, -0.1) is 0 Å². The van der Waals surface area contributed by atoms with Gasteiger partial charge in [-0.3, -0.25) is 0 Å². The summed E-state index contributed by atoms with van der Waals surface area (Å²) in [5.74, 6) is 1.54. The van der Waals surface area contributed by atoms with Crippen molar-refractivity contribution in [1.29, 1.82) is 0 Å². The molecule has 1 fully saturated rings. The highest BCUT2D eigenvalue weighted by atomic mass is 16.5. The first-order chi connectivity index (χ1) is 8.24. The summed E-state index contributed by atoms with van der Waals surface area (Å²) in [6.45, 7) is 4.17. The SMILES string of the molecule is Cc1cc(CNCC(O)COCC2CC2)no1. The molecule has 96 valence electrons. The zero-order valence-electron chi connectivity index (χ0n) is 10.2. The lowest BCUT2D eigenvalue weighted by molar-refractivity contribution is 0.0324. The number of aromatic nitrogens is 1. The third-order valence-corrected chi connectivity index (χ3v) is 2.72. The van der Waals surface area contributed by atoms with E-state index in [1.807, 2.05) is 13.0 Å². The topological polar surface area (TPSA) is 67.5 Å². The maximum atomic E-state index is 9.63. The first-order valence-corrected chi connectivity index (χ1v) is 6.13. The molecule has 1 saturated carbocycles. The molecule has 5 nitrogen and oxygen atoms in total. The van der Waals surface area contributed by atoms with E-state index in [-0.39, 0.29) is 0 Å². The van der Waals surface area contributed by atoms with Crippen molar-refractivity contribution >= 4 is 0 Å². The molecule has 1 aromatic rings. The molecule has 0 aliphatic heterocycles. The van der Waals surface area contributed by atoms with Crippen LogP contribution in [0.25, 0.3) is 0 Å². The summed E-state index contributed by atoms with van der Waals surface area (Å²) in [6, 6.07) is 1.88. The number of ether oxygens (including phenoxy) is 1. The van der Waals surface area contributed by atoms with E-state index in [9.17, 15) is 5.11 Å². The van der Waals surface area contributed by atoms with Crippen LogP contribution in [-0.2, 0) is 11.3 Å². The van der Waals surface area contributed by atoms with Gasteiger partial charge in [-0.2, -0.15) is 0 Å². The molecule has 1 unspecified atom stereocenters. The lowest BCUT2D eigenvalue weighted by Gasteiger charge is -2.11. The number of nitrogens with one attached hydrogen (secondary N) is 1. The first kappa shape index (κ1) is 12.5. The van der Waals surface area contributed by atoms with E-state index < -0.39 is 6.10 Å². The molecule has 1 aliphatic rings. The molecule has 2 N–H and O–H groups in total. The quantitative estimate of drug-likeness (QED) is 0.705. The Bertz CT molecular complexity index is 336. The summed E-state index contributed by atoms with van der Waals surface area (Å²) in [4.78, 5) is 0. The minimum absolute atomic E-state index is 0.404. The number of nitrogens with zero attached hydrogens (tertiary/aromatic N) is 1. The van der Waals surface area contributed by atoms with Crippen LogP contribution in [0.2, 0.25) is 0 Å². The van der Waals surface area contributed by atoms with E-state index in [0.29, 0.717) is 19.7 Å².